The van der Waals surface area contributed by atoms with E-state index in [4.69, 9.17) is 0 Å². The van der Waals surface area contributed by atoms with Crippen LogP contribution in [-0.2, 0) is 0 Å². The van der Waals surface area contributed by atoms with E-state index in [-0.39, 0.29) is 5.82 Å². The first kappa shape index (κ1) is 8.71. The van der Waals surface area contributed by atoms with Crippen molar-refractivity contribution < 1.29 is 4.39 Å². The number of nitrogens with one attached hydrogen (secondary N) is 1. The molecule has 0 bridgehead atoms. The van der Waals surface area contributed by atoms with Gasteiger partial charge in [-0.25, -0.2) is 9.37 Å². The van der Waals surface area contributed by atoms with Gasteiger partial charge in [0.05, 0.1) is 0 Å². The fourth-order valence-corrected chi connectivity index (χ4v) is 0.808. The van der Waals surface area contributed by atoms with E-state index in [0.717, 1.165) is 6.42 Å². The maximum atomic E-state index is 12.9. The highest BCUT2D eigenvalue weighted by atomic mass is 19.1. The lowest BCUT2D eigenvalue weighted by atomic mass is 10.4. The molecule has 1 rings (SSSR count). The Bertz CT molecular complexity index is 260. The molecule has 0 amide bonds. The third-order valence-electron chi connectivity index (χ3n) is 1.40. The van der Waals surface area contributed by atoms with Crippen LogP contribution in [0.4, 0.5) is 10.2 Å². The second-order valence-electron chi connectivity index (χ2n) is 2.34. The molecule has 1 N–H and O–H groups in total. The number of rotatable bonds is 4. The van der Waals surface area contributed by atoms with Crippen molar-refractivity contribution in [2.75, 3.05) is 11.9 Å². The van der Waals surface area contributed by atoms with Crippen LogP contribution in [0.25, 0.3) is 0 Å². The summed E-state index contributed by atoms with van der Waals surface area (Å²) in [6.45, 7) is 4.22. The van der Waals surface area contributed by atoms with E-state index < -0.39 is 0 Å². The lowest BCUT2D eigenvalue weighted by molar-refractivity contribution is 0.624. The molecular weight excluding hydrogens is 155 g/mol. The highest BCUT2D eigenvalue weighted by molar-refractivity contribution is 5.35. The predicted octanol–water partition coefficient (Wildman–Crippen LogP) is 2.21. The summed E-state index contributed by atoms with van der Waals surface area (Å²) >= 11 is 0. The van der Waals surface area contributed by atoms with Crippen LogP contribution in [0.3, 0.4) is 0 Å². The Morgan fingerprint density at radius 2 is 2.50 bits per heavy atom. The minimum Gasteiger partial charge on any atom is -0.367 e. The lowest BCUT2D eigenvalue weighted by Crippen LogP contribution is -2.03. The van der Waals surface area contributed by atoms with Crippen LogP contribution in [0.1, 0.15) is 6.42 Å². The SMILES string of the molecule is C=CCCNc1ncccc1F. The highest BCUT2D eigenvalue weighted by Gasteiger charge is 1.98. The van der Waals surface area contributed by atoms with Gasteiger partial charge in [-0.15, -0.1) is 6.58 Å². The third kappa shape index (κ3) is 2.34. The Morgan fingerprint density at radius 3 is 3.17 bits per heavy atom. The van der Waals surface area contributed by atoms with Crippen molar-refractivity contribution >= 4 is 5.82 Å². The number of hydrogen-bond donors (Lipinski definition) is 1. The van der Waals surface area contributed by atoms with Gasteiger partial charge in [0.25, 0.3) is 0 Å². The summed E-state index contributed by atoms with van der Waals surface area (Å²) in [5.74, 6) is -0.0130. The van der Waals surface area contributed by atoms with Crippen molar-refractivity contribution in [3.8, 4) is 0 Å². The lowest BCUT2D eigenvalue weighted by Gasteiger charge is -2.03. The Labute approximate surface area is 71.1 Å². The van der Waals surface area contributed by atoms with Gasteiger partial charge in [-0.3, -0.25) is 0 Å². The largest absolute Gasteiger partial charge is 0.367 e. The molecule has 0 saturated heterocycles. The number of pyridine rings is 1. The number of anilines is 1. The quantitative estimate of drug-likeness (QED) is 0.548. The molecule has 0 aromatic carbocycles. The zero-order chi connectivity index (χ0) is 8.81. The molecule has 0 aliphatic rings. The molecule has 0 aliphatic heterocycles. The van der Waals surface area contributed by atoms with E-state index in [1.807, 2.05) is 0 Å². The van der Waals surface area contributed by atoms with Gasteiger partial charge in [-0.1, -0.05) is 6.08 Å². The fraction of sp³-hybridized carbons (Fsp3) is 0.222. The molecule has 0 atom stereocenters. The van der Waals surface area contributed by atoms with E-state index >= 15 is 0 Å². The molecule has 1 aromatic rings. The van der Waals surface area contributed by atoms with Crippen molar-refractivity contribution in [2.24, 2.45) is 0 Å². The van der Waals surface area contributed by atoms with E-state index in [1.54, 1.807) is 18.3 Å². The normalized spacial score (nSPS) is 9.42. The minimum atomic E-state index is -0.318. The van der Waals surface area contributed by atoms with Crippen molar-refractivity contribution in [1.82, 2.24) is 4.98 Å². The molecular formula is C9H11FN2. The maximum absolute atomic E-state index is 12.9. The van der Waals surface area contributed by atoms with Gasteiger partial charge >= 0.3 is 0 Å². The van der Waals surface area contributed by atoms with Crippen LogP contribution < -0.4 is 5.32 Å². The molecule has 0 radical (unpaired) electrons. The highest BCUT2D eigenvalue weighted by Crippen LogP contribution is 2.07. The van der Waals surface area contributed by atoms with Gasteiger partial charge in [-0.2, -0.15) is 0 Å². The summed E-state index contributed by atoms with van der Waals surface area (Å²) in [4.78, 5) is 3.83. The Kier molecular flexibility index (Phi) is 3.26. The summed E-state index contributed by atoms with van der Waals surface area (Å²) in [5.41, 5.74) is 0. The van der Waals surface area contributed by atoms with Gasteiger partial charge in [0.1, 0.15) is 0 Å². The molecule has 12 heavy (non-hydrogen) atoms. The summed E-state index contributed by atoms with van der Waals surface area (Å²) in [6, 6.07) is 2.94. The Balaban J connectivity index is 2.51. The van der Waals surface area contributed by atoms with Crippen molar-refractivity contribution in [2.45, 2.75) is 6.42 Å². The molecule has 2 nitrogen and oxygen atoms in total. The monoisotopic (exact) mass is 166 g/mol. The van der Waals surface area contributed by atoms with Gasteiger partial charge in [0.15, 0.2) is 11.6 Å². The van der Waals surface area contributed by atoms with Gasteiger partial charge in [0, 0.05) is 12.7 Å². The standard InChI is InChI=1S/C9H11FN2/c1-2-3-6-11-9-8(10)5-4-7-12-9/h2,4-5,7H,1,3,6H2,(H,11,12). The Hall–Kier alpha value is -1.38. The number of hydrogen-bond acceptors (Lipinski definition) is 2. The average molecular weight is 166 g/mol. The third-order valence-corrected chi connectivity index (χ3v) is 1.40. The van der Waals surface area contributed by atoms with Gasteiger partial charge < -0.3 is 5.32 Å². The first-order valence-electron chi connectivity index (χ1n) is 3.80. The van der Waals surface area contributed by atoms with Crippen LogP contribution >= 0.6 is 0 Å². The second kappa shape index (κ2) is 4.49. The molecule has 0 saturated carbocycles. The molecule has 64 valence electrons. The number of halogens is 1. The van der Waals surface area contributed by atoms with Crippen LogP contribution in [-0.4, -0.2) is 11.5 Å². The predicted molar refractivity (Wildman–Crippen MR) is 47.5 cm³/mol. The van der Waals surface area contributed by atoms with Crippen molar-refractivity contribution in [1.29, 1.82) is 0 Å². The fourth-order valence-electron chi connectivity index (χ4n) is 0.808. The molecule has 0 aliphatic carbocycles. The summed E-state index contributed by atoms with van der Waals surface area (Å²) < 4.78 is 12.9. The topological polar surface area (TPSA) is 24.9 Å². The molecule has 0 unspecified atom stereocenters. The molecule has 3 heteroatoms. The van der Waals surface area contributed by atoms with Gasteiger partial charge in [-0.05, 0) is 18.6 Å². The van der Waals surface area contributed by atoms with Crippen LogP contribution in [0.5, 0.6) is 0 Å². The number of nitrogens with zero attached hydrogens (tertiary/aromatic N) is 1. The summed E-state index contributed by atoms with van der Waals surface area (Å²) in [5, 5.41) is 2.86. The molecule has 1 heterocycles. The second-order valence-corrected chi connectivity index (χ2v) is 2.34. The van der Waals surface area contributed by atoms with Crippen molar-refractivity contribution in [3.63, 3.8) is 0 Å². The first-order valence-corrected chi connectivity index (χ1v) is 3.80. The van der Waals surface area contributed by atoms with E-state index in [9.17, 15) is 4.39 Å². The summed E-state index contributed by atoms with van der Waals surface area (Å²) in [7, 11) is 0. The van der Waals surface area contributed by atoms with Gasteiger partial charge in [0.2, 0.25) is 0 Å². The molecule has 0 fully saturated rings. The maximum Gasteiger partial charge on any atom is 0.165 e. The first-order chi connectivity index (χ1) is 5.84. The van der Waals surface area contributed by atoms with Crippen LogP contribution in [0.15, 0.2) is 31.0 Å². The zero-order valence-corrected chi connectivity index (χ0v) is 6.76. The zero-order valence-electron chi connectivity index (χ0n) is 6.76. The van der Waals surface area contributed by atoms with Crippen LogP contribution in [0, 0.1) is 5.82 Å². The number of aromatic nitrogens is 1. The Morgan fingerprint density at radius 1 is 1.67 bits per heavy atom. The van der Waals surface area contributed by atoms with Crippen LogP contribution in [0.2, 0.25) is 0 Å². The molecule has 0 spiro atoms. The minimum absolute atomic E-state index is 0.305. The average Bonchev–Trinajstić information content (AvgIpc) is 2.09. The summed E-state index contributed by atoms with van der Waals surface area (Å²) in [6.07, 6.45) is 4.13. The smallest absolute Gasteiger partial charge is 0.165 e. The van der Waals surface area contributed by atoms with E-state index in [2.05, 4.69) is 16.9 Å². The van der Waals surface area contributed by atoms with E-state index in [1.165, 1.54) is 6.07 Å². The molecule has 1 aromatic heterocycles. The van der Waals surface area contributed by atoms with Crippen molar-refractivity contribution in [3.05, 3.63) is 36.8 Å². The van der Waals surface area contributed by atoms with E-state index in [0.29, 0.717) is 12.4 Å².